The van der Waals surface area contributed by atoms with Crippen LogP contribution in [0.5, 0.6) is 0 Å². The van der Waals surface area contributed by atoms with Crippen LogP contribution in [0.25, 0.3) is 11.1 Å². The van der Waals surface area contributed by atoms with Crippen molar-refractivity contribution in [2.45, 2.75) is 33.2 Å². The number of carbonyl (C=O) groups excluding carboxylic acids is 1. The highest BCUT2D eigenvalue weighted by molar-refractivity contribution is 5.97. The summed E-state index contributed by atoms with van der Waals surface area (Å²) in [6.45, 7) is 5.93. The average molecular weight is 388 g/mol. The van der Waals surface area contributed by atoms with Crippen LogP contribution in [0.15, 0.2) is 52.9 Å². The van der Waals surface area contributed by atoms with E-state index >= 15 is 0 Å². The van der Waals surface area contributed by atoms with Gasteiger partial charge >= 0.3 is 0 Å². The number of aryl methyl sites for hydroxylation is 2. The summed E-state index contributed by atoms with van der Waals surface area (Å²) in [6.07, 6.45) is 0.620. The summed E-state index contributed by atoms with van der Waals surface area (Å²) in [5, 5.41) is 7.23. The zero-order valence-electron chi connectivity index (χ0n) is 17.1. The van der Waals surface area contributed by atoms with Crippen molar-refractivity contribution in [3.05, 3.63) is 82.5 Å². The minimum Gasteiger partial charge on any atom is -0.440 e. The third kappa shape index (κ3) is 3.66. The molecular formula is C23H24N4O2. The van der Waals surface area contributed by atoms with Crippen molar-refractivity contribution >= 4 is 17.0 Å². The van der Waals surface area contributed by atoms with Crippen molar-refractivity contribution in [3.63, 3.8) is 0 Å². The standard InChI is InChI=1S/C23H24N4O2/c1-14-22(15(2)26-25-14)16(3)27(4)23(28)18-10-11-20-19(13-18)24-21(29-20)12-17-8-6-5-7-9-17/h5-11,13,16H,12H2,1-4H3,(H,25,26)/t16-/m1/s1. The maximum Gasteiger partial charge on any atom is 0.254 e. The number of rotatable bonds is 5. The van der Waals surface area contributed by atoms with Crippen LogP contribution in [-0.2, 0) is 6.42 Å². The summed E-state index contributed by atoms with van der Waals surface area (Å²) in [4.78, 5) is 19.4. The maximum atomic E-state index is 13.1. The van der Waals surface area contributed by atoms with E-state index in [-0.39, 0.29) is 11.9 Å². The Balaban J connectivity index is 1.57. The van der Waals surface area contributed by atoms with E-state index in [2.05, 4.69) is 15.2 Å². The molecule has 1 N–H and O–H groups in total. The molecule has 4 aromatic rings. The lowest BCUT2D eigenvalue weighted by atomic mass is 10.0. The van der Waals surface area contributed by atoms with Crippen LogP contribution in [-0.4, -0.2) is 33.0 Å². The molecule has 0 aliphatic rings. The molecule has 0 radical (unpaired) electrons. The summed E-state index contributed by atoms with van der Waals surface area (Å²) in [5.74, 6) is 0.578. The molecule has 4 rings (SSSR count). The molecule has 2 aromatic carbocycles. The predicted molar refractivity (Wildman–Crippen MR) is 112 cm³/mol. The third-order valence-corrected chi connectivity index (χ3v) is 5.38. The van der Waals surface area contributed by atoms with Gasteiger partial charge in [0.15, 0.2) is 11.5 Å². The van der Waals surface area contributed by atoms with Crippen molar-refractivity contribution in [2.75, 3.05) is 7.05 Å². The molecule has 0 aliphatic carbocycles. The van der Waals surface area contributed by atoms with Crippen LogP contribution < -0.4 is 0 Å². The molecule has 1 amide bonds. The molecule has 0 aliphatic heterocycles. The Labute approximate surface area is 169 Å². The molecule has 0 unspecified atom stereocenters. The number of aromatic amines is 1. The van der Waals surface area contributed by atoms with E-state index < -0.39 is 0 Å². The zero-order chi connectivity index (χ0) is 20.5. The van der Waals surface area contributed by atoms with E-state index in [1.54, 1.807) is 17.0 Å². The summed E-state index contributed by atoms with van der Waals surface area (Å²) in [5.41, 5.74) is 6.04. The van der Waals surface area contributed by atoms with Gasteiger partial charge in [0.25, 0.3) is 5.91 Å². The first-order valence-corrected chi connectivity index (χ1v) is 9.66. The lowest BCUT2D eigenvalue weighted by Gasteiger charge is -2.25. The highest BCUT2D eigenvalue weighted by Crippen LogP contribution is 2.26. The van der Waals surface area contributed by atoms with E-state index in [0.717, 1.165) is 22.5 Å². The van der Waals surface area contributed by atoms with Gasteiger partial charge in [0.05, 0.1) is 11.7 Å². The van der Waals surface area contributed by atoms with Crippen LogP contribution >= 0.6 is 0 Å². The molecule has 2 heterocycles. The molecule has 29 heavy (non-hydrogen) atoms. The highest BCUT2D eigenvalue weighted by atomic mass is 16.3. The second-order valence-electron chi connectivity index (χ2n) is 7.39. The van der Waals surface area contributed by atoms with E-state index in [1.165, 1.54) is 0 Å². The van der Waals surface area contributed by atoms with Gasteiger partial charge in [-0.25, -0.2) is 4.98 Å². The summed E-state index contributed by atoms with van der Waals surface area (Å²) in [7, 11) is 1.81. The normalized spacial score (nSPS) is 12.3. The van der Waals surface area contributed by atoms with Gasteiger partial charge < -0.3 is 9.32 Å². The molecule has 6 heteroatoms. The van der Waals surface area contributed by atoms with Crippen LogP contribution in [0.4, 0.5) is 0 Å². The minimum absolute atomic E-state index is 0.0630. The Morgan fingerprint density at radius 3 is 2.62 bits per heavy atom. The Hall–Kier alpha value is -3.41. The number of nitrogens with zero attached hydrogens (tertiary/aromatic N) is 3. The zero-order valence-corrected chi connectivity index (χ0v) is 17.1. The quantitative estimate of drug-likeness (QED) is 0.542. The number of oxazole rings is 1. The summed E-state index contributed by atoms with van der Waals surface area (Å²) >= 11 is 0. The van der Waals surface area contributed by atoms with Gasteiger partial charge in [-0.3, -0.25) is 9.89 Å². The predicted octanol–water partition coefficient (Wildman–Crippen LogP) is 4.59. The van der Waals surface area contributed by atoms with E-state index in [0.29, 0.717) is 29.0 Å². The Bertz CT molecular complexity index is 1140. The minimum atomic E-state index is -0.0945. The van der Waals surface area contributed by atoms with Crippen molar-refractivity contribution in [3.8, 4) is 0 Å². The summed E-state index contributed by atoms with van der Waals surface area (Å²) < 4.78 is 5.86. The van der Waals surface area contributed by atoms with Crippen LogP contribution in [0.2, 0.25) is 0 Å². The SMILES string of the molecule is Cc1n[nH]c(C)c1[C@@H](C)N(C)C(=O)c1ccc2oc(Cc3ccccc3)nc2c1. The van der Waals surface area contributed by atoms with E-state index in [1.807, 2.05) is 64.2 Å². The topological polar surface area (TPSA) is 75.0 Å². The van der Waals surface area contributed by atoms with Gasteiger partial charge in [0, 0.05) is 30.3 Å². The number of aromatic nitrogens is 3. The Morgan fingerprint density at radius 1 is 1.17 bits per heavy atom. The Morgan fingerprint density at radius 2 is 1.93 bits per heavy atom. The van der Waals surface area contributed by atoms with Crippen molar-refractivity contribution < 1.29 is 9.21 Å². The largest absolute Gasteiger partial charge is 0.440 e. The fourth-order valence-corrected chi connectivity index (χ4v) is 3.70. The molecule has 0 fully saturated rings. The average Bonchev–Trinajstić information content (AvgIpc) is 3.28. The number of hydrogen-bond donors (Lipinski definition) is 1. The van der Waals surface area contributed by atoms with Gasteiger partial charge in [-0.15, -0.1) is 0 Å². The number of amides is 1. The first-order valence-electron chi connectivity index (χ1n) is 9.66. The molecule has 1 atom stereocenters. The fraction of sp³-hybridized carbons (Fsp3) is 0.261. The first-order chi connectivity index (χ1) is 13.9. The molecule has 0 bridgehead atoms. The van der Waals surface area contributed by atoms with Crippen LogP contribution in [0.3, 0.4) is 0 Å². The lowest BCUT2D eigenvalue weighted by molar-refractivity contribution is 0.0742. The number of H-pyrrole nitrogens is 1. The fourth-order valence-electron chi connectivity index (χ4n) is 3.70. The van der Waals surface area contributed by atoms with Crippen LogP contribution in [0, 0.1) is 13.8 Å². The van der Waals surface area contributed by atoms with Gasteiger partial charge in [0.1, 0.15) is 5.52 Å². The van der Waals surface area contributed by atoms with Gasteiger partial charge in [-0.05, 0) is 44.5 Å². The van der Waals surface area contributed by atoms with Gasteiger partial charge in [-0.1, -0.05) is 30.3 Å². The molecule has 2 aromatic heterocycles. The molecule has 148 valence electrons. The van der Waals surface area contributed by atoms with Crippen molar-refractivity contribution in [2.24, 2.45) is 0 Å². The monoisotopic (exact) mass is 388 g/mol. The van der Waals surface area contributed by atoms with Crippen LogP contribution in [0.1, 0.15) is 51.7 Å². The lowest BCUT2D eigenvalue weighted by Crippen LogP contribution is -2.30. The van der Waals surface area contributed by atoms with Gasteiger partial charge in [-0.2, -0.15) is 5.10 Å². The molecule has 0 spiro atoms. The number of carbonyl (C=O) groups is 1. The smallest absolute Gasteiger partial charge is 0.254 e. The van der Waals surface area contributed by atoms with E-state index in [9.17, 15) is 4.79 Å². The first kappa shape index (κ1) is 18.9. The number of nitrogens with one attached hydrogen (secondary N) is 1. The molecular weight excluding hydrogens is 364 g/mol. The van der Waals surface area contributed by atoms with E-state index in [4.69, 9.17) is 4.42 Å². The second kappa shape index (κ2) is 7.54. The highest BCUT2D eigenvalue weighted by Gasteiger charge is 2.23. The molecule has 0 saturated carbocycles. The van der Waals surface area contributed by atoms with Crippen molar-refractivity contribution in [1.29, 1.82) is 0 Å². The third-order valence-electron chi connectivity index (χ3n) is 5.38. The van der Waals surface area contributed by atoms with Crippen molar-refractivity contribution in [1.82, 2.24) is 20.1 Å². The number of benzene rings is 2. The maximum absolute atomic E-state index is 13.1. The second-order valence-corrected chi connectivity index (χ2v) is 7.39. The van der Waals surface area contributed by atoms with Gasteiger partial charge in [0.2, 0.25) is 0 Å². The number of hydrogen-bond acceptors (Lipinski definition) is 4. The Kier molecular flexibility index (Phi) is 4.92. The number of fused-ring (bicyclic) bond motifs is 1. The molecule has 0 saturated heterocycles. The summed E-state index contributed by atoms with van der Waals surface area (Å²) in [6, 6.07) is 15.4. The molecule has 6 nitrogen and oxygen atoms in total.